The van der Waals surface area contributed by atoms with Gasteiger partial charge >= 0.3 is 6.85 Å². The molecule has 0 saturated carbocycles. The lowest BCUT2D eigenvalue weighted by Crippen LogP contribution is -2.56. The van der Waals surface area contributed by atoms with Gasteiger partial charge in [0.25, 0.3) is 0 Å². The van der Waals surface area contributed by atoms with Crippen LogP contribution in [0.25, 0.3) is 71.9 Å². The maximum Gasteiger partial charge on any atom is 0.333 e. The van der Waals surface area contributed by atoms with Crippen LogP contribution in [0.2, 0.25) is 0 Å². The van der Waals surface area contributed by atoms with E-state index in [0.29, 0.717) is 0 Å². The molecule has 2 aliphatic rings. The Balaban J connectivity index is 1.33. The molecule has 0 bridgehead atoms. The van der Waals surface area contributed by atoms with E-state index in [9.17, 15) is 0 Å². The van der Waals surface area contributed by atoms with Crippen LogP contribution in [-0.4, -0.2) is 15.9 Å². The van der Waals surface area contributed by atoms with Crippen LogP contribution in [0.15, 0.2) is 170 Å². The lowest BCUT2D eigenvalue weighted by Gasteiger charge is -2.37. The fourth-order valence-corrected chi connectivity index (χ4v) is 11.4. The van der Waals surface area contributed by atoms with Crippen LogP contribution in [0.3, 0.4) is 0 Å². The molecule has 4 heteroatoms. The van der Waals surface area contributed by atoms with Gasteiger partial charge in [0.15, 0.2) is 0 Å². The molecule has 0 unspecified atom stereocenters. The Labute approximate surface area is 396 Å². The van der Waals surface area contributed by atoms with Crippen LogP contribution >= 0.6 is 0 Å². The molecule has 0 saturated heterocycles. The normalized spacial score (nSPS) is 13.2. The van der Waals surface area contributed by atoms with Crippen LogP contribution in [0.5, 0.6) is 0 Å². The molecule has 328 valence electrons. The van der Waals surface area contributed by atoms with Crippen molar-refractivity contribution in [1.82, 2.24) is 9.05 Å². The SMILES string of the molecule is Cc1ccccc1-c1c(-c2ccccc2)n2c3c(cc(N(c4ccccc4)c4ccccc4)cc13)-c1cc(C(C)(C)C)cc3c1B2c1cc(C(C)(C)C)cc2c4cc(C(C)(C)C)ccc4n-3c12. The highest BCUT2D eigenvalue weighted by Crippen LogP contribution is 2.52. The summed E-state index contributed by atoms with van der Waals surface area (Å²) in [5.74, 6) is 0. The van der Waals surface area contributed by atoms with E-state index in [1.54, 1.807) is 0 Å². The summed E-state index contributed by atoms with van der Waals surface area (Å²) >= 11 is 0. The van der Waals surface area contributed by atoms with Gasteiger partial charge in [0.2, 0.25) is 0 Å². The van der Waals surface area contributed by atoms with Crippen molar-refractivity contribution < 1.29 is 0 Å². The number of hydrogen-bond donors (Lipinski definition) is 0. The van der Waals surface area contributed by atoms with Gasteiger partial charge < -0.3 is 13.9 Å². The number of hydrogen-bond acceptors (Lipinski definition) is 1. The zero-order chi connectivity index (χ0) is 46.3. The van der Waals surface area contributed by atoms with Crippen molar-refractivity contribution in [3.8, 4) is 39.2 Å². The first-order valence-electron chi connectivity index (χ1n) is 24.1. The third-order valence-electron chi connectivity index (χ3n) is 14.8. The average molecular weight is 868 g/mol. The van der Waals surface area contributed by atoms with Crippen molar-refractivity contribution in [2.24, 2.45) is 0 Å². The predicted molar refractivity (Wildman–Crippen MR) is 289 cm³/mol. The molecule has 0 spiro atoms. The molecule has 0 amide bonds. The topological polar surface area (TPSA) is 13.1 Å². The minimum atomic E-state index is -0.114. The van der Waals surface area contributed by atoms with Crippen LogP contribution < -0.4 is 15.8 Å². The lowest BCUT2D eigenvalue weighted by molar-refractivity contribution is 0.590. The molecule has 0 aliphatic carbocycles. The minimum Gasteiger partial charge on any atom is -0.375 e. The summed E-state index contributed by atoms with van der Waals surface area (Å²) in [6.07, 6.45) is 0. The fourth-order valence-electron chi connectivity index (χ4n) is 11.4. The molecule has 0 N–H and O–H groups in total. The molecule has 0 fully saturated rings. The third-order valence-corrected chi connectivity index (χ3v) is 14.8. The van der Waals surface area contributed by atoms with E-state index in [1.807, 2.05) is 0 Å². The summed E-state index contributed by atoms with van der Waals surface area (Å²) in [6.45, 7) is 23.4. The number of para-hydroxylation sites is 2. The summed E-state index contributed by atoms with van der Waals surface area (Å²) in [7, 11) is 0. The van der Waals surface area contributed by atoms with E-state index < -0.39 is 0 Å². The van der Waals surface area contributed by atoms with Gasteiger partial charge in [-0.3, -0.25) is 0 Å². The van der Waals surface area contributed by atoms with Gasteiger partial charge in [0.1, 0.15) is 0 Å². The van der Waals surface area contributed by atoms with Crippen LogP contribution in [-0.2, 0) is 16.2 Å². The van der Waals surface area contributed by atoms with E-state index in [2.05, 4.69) is 253 Å². The van der Waals surface area contributed by atoms with Gasteiger partial charge in [-0.25, -0.2) is 0 Å². The summed E-state index contributed by atoms with van der Waals surface area (Å²) < 4.78 is 5.44. The lowest BCUT2D eigenvalue weighted by atomic mass is 9.45. The molecular weight excluding hydrogens is 810 g/mol. The van der Waals surface area contributed by atoms with Crippen molar-refractivity contribution in [2.45, 2.75) is 85.5 Å². The zero-order valence-corrected chi connectivity index (χ0v) is 40.6. The second kappa shape index (κ2) is 14.5. The second-order valence-electron chi connectivity index (χ2n) is 22.3. The number of benzene rings is 8. The minimum absolute atomic E-state index is 0.00320. The molecule has 10 aromatic rings. The molecule has 8 aromatic carbocycles. The van der Waals surface area contributed by atoms with Crippen molar-refractivity contribution in [2.75, 3.05) is 4.90 Å². The molecule has 0 radical (unpaired) electrons. The van der Waals surface area contributed by atoms with Gasteiger partial charge in [-0.05, 0) is 134 Å². The highest BCUT2D eigenvalue weighted by molar-refractivity contribution is 6.90. The van der Waals surface area contributed by atoms with Crippen molar-refractivity contribution in [3.63, 3.8) is 0 Å². The molecular formula is C63H58BN3. The van der Waals surface area contributed by atoms with Crippen LogP contribution in [0, 0.1) is 6.92 Å². The van der Waals surface area contributed by atoms with Gasteiger partial charge in [-0.2, -0.15) is 0 Å². The standard InChI is InChI=1S/C63H58BN3/c1-39-22-20-21-29-47(39)56-52-38-46(65(44-25-16-12-17-26-44)45-27-18-13-19-28-45)37-51-49-33-43(63(8,9)10)36-55-57(49)64(67(59(51)52)58(56)40-23-14-11-15-24-40)53-35-42(62(5,6)7)34-50-48-32-41(61(2,3)4)30-31-54(48)66(55)60(50)53/h11-38H,1-10H3. The molecule has 67 heavy (non-hydrogen) atoms. The van der Waals surface area contributed by atoms with E-state index in [-0.39, 0.29) is 23.1 Å². The zero-order valence-electron chi connectivity index (χ0n) is 40.6. The van der Waals surface area contributed by atoms with Gasteiger partial charge in [-0.15, -0.1) is 0 Å². The molecule has 3 nitrogen and oxygen atoms in total. The highest BCUT2D eigenvalue weighted by Gasteiger charge is 2.44. The molecule has 12 rings (SSSR count). The first kappa shape index (κ1) is 41.4. The van der Waals surface area contributed by atoms with Gasteiger partial charge in [-0.1, -0.05) is 172 Å². The van der Waals surface area contributed by atoms with E-state index in [4.69, 9.17) is 0 Å². The Hall–Kier alpha value is -7.04. The highest BCUT2D eigenvalue weighted by atomic mass is 15.1. The van der Waals surface area contributed by atoms with Crippen LogP contribution in [0.4, 0.5) is 17.1 Å². The van der Waals surface area contributed by atoms with Crippen LogP contribution in [0.1, 0.15) is 84.6 Å². The van der Waals surface area contributed by atoms with E-state index in [0.717, 1.165) is 17.1 Å². The third kappa shape index (κ3) is 6.25. The Morgan fingerprint density at radius 3 is 1.66 bits per heavy atom. The Kier molecular flexibility index (Phi) is 8.95. The monoisotopic (exact) mass is 867 g/mol. The smallest absolute Gasteiger partial charge is 0.333 e. The molecule has 2 aromatic heterocycles. The van der Waals surface area contributed by atoms with Crippen molar-refractivity contribution in [1.29, 1.82) is 0 Å². The maximum absolute atomic E-state index is 2.78. The second-order valence-corrected chi connectivity index (χ2v) is 22.3. The Morgan fingerprint density at radius 1 is 0.448 bits per heavy atom. The Bertz CT molecular complexity index is 3590. The molecule has 0 atom stereocenters. The summed E-state index contributed by atoms with van der Waals surface area (Å²) in [5.41, 5.74) is 24.0. The summed E-state index contributed by atoms with van der Waals surface area (Å²) in [6, 6.07) is 64.5. The molecule has 4 heterocycles. The number of fused-ring (bicyclic) bond motifs is 7. The van der Waals surface area contributed by atoms with Gasteiger partial charge in [0, 0.05) is 61.2 Å². The first-order chi connectivity index (χ1) is 32.1. The average Bonchev–Trinajstić information content (AvgIpc) is 3.82. The number of aryl methyl sites for hydroxylation is 1. The summed E-state index contributed by atoms with van der Waals surface area (Å²) in [5, 5.41) is 3.92. The number of nitrogens with zero attached hydrogens (tertiary/aromatic N) is 3. The largest absolute Gasteiger partial charge is 0.375 e. The fraction of sp³-hybridized carbons (Fsp3) is 0.206. The summed E-state index contributed by atoms with van der Waals surface area (Å²) in [4.78, 5) is 2.45. The Morgan fingerprint density at radius 2 is 1.03 bits per heavy atom. The first-order valence-corrected chi connectivity index (χ1v) is 24.1. The maximum atomic E-state index is 2.78. The van der Waals surface area contributed by atoms with Crippen molar-refractivity contribution >= 4 is 67.5 Å². The van der Waals surface area contributed by atoms with Gasteiger partial charge in [0.05, 0.1) is 11.0 Å². The van der Waals surface area contributed by atoms with E-state index in [1.165, 1.54) is 105 Å². The van der Waals surface area contributed by atoms with Crippen molar-refractivity contribution in [3.05, 3.63) is 192 Å². The number of rotatable bonds is 5. The number of aromatic nitrogens is 2. The number of anilines is 3. The molecule has 2 aliphatic heterocycles. The predicted octanol–water partition coefficient (Wildman–Crippen LogP) is 15.7. The van der Waals surface area contributed by atoms with E-state index >= 15 is 0 Å². The quantitative estimate of drug-likeness (QED) is 0.157.